The Hall–Kier alpha value is -2.36. The van der Waals surface area contributed by atoms with E-state index in [-0.39, 0.29) is 37.1 Å². The highest BCUT2D eigenvalue weighted by Crippen LogP contribution is 2.36. The van der Waals surface area contributed by atoms with E-state index in [1.54, 1.807) is 12.2 Å². The number of rotatable bonds is 33. The highest BCUT2D eigenvalue weighted by molar-refractivity contribution is 7.46. The largest absolute Gasteiger partial charge is 0.469 e. The zero-order valence-electron chi connectivity index (χ0n) is 32.0. The molecule has 0 amide bonds. The summed E-state index contributed by atoms with van der Waals surface area (Å²) in [5.74, 6) is -1.26. The van der Waals surface area contributed by atoms with E-state index in [0.717, 1.165) is 57.8 Å². The highest BCUT2D eigenvalue weighted by Gasteiger charge is 2.27. The molecule has 0 aromatic carbocycles. The fraction of sp³-hybridized carbons (Fsp3) is 0.732. The Morgan fingerprint density at radius 3 is 2.02 bits per heavy atom. The van der Waals surface area contributed by atoms with Crippen molar-refractivity contribution in [3.8, 4) is 0 Å². The Morgan fingerprint density at radius 2 is 1.35 bits per heavy atom. The number of hydrogen-bond donors (Lipinski definition) is 3. The van der Waals surface area contributed by atoms with Crippen LogP contribution in [0.3, 0.4) is 0 Å². The molecule has 0 unspecified atom stereocenters. The first-order chi connectivity index (χ1) is 25.1. The van der Waals surface area contributed by atoms with Gasteiger partial charge < -0.3 is 24.4 Å². The molecule has 11 heteroatoms. The number of carbonyl (C=O) groups is 3. The zero-order valence-corrected chi connectivity index (χ0v) is 32.9. The van der Waals surface area contributed by atoms with E-state index in [9.17, 15) is 24.1 Å². The van der Waals surface area contributed by atoms with Crippen molar-refractivity contribution in [2.24, 2.45) is 11.8 Å². The Morgan fingerprint density at radius 1 is 0.769 bits per heavy atom. The molecule has 0 saturated heterocycles. The van der Waals surface area contributed by atoms with Crippen LogP contribution in [0.5, 0.6) is 0 Å². The Kier molecular flexibility index (Phi) is 28.4. The van der Waals surface area contributed by atoms with Gasteiger partial charge >= 0.3 is 19.8 Å². The summed E-state index contributed by atoms with van der Waals surface area (Å²) in [6.45, 7) is 3.39. The highest BCUT2D eigenvalue weighted by atomic mass is 31.2. The minimum Gasteiger partial charge on any atom is -0.462 e. The summed E-state index contributed by atoms with van der Waals surface area (Å²) in [4.78, 5) is 55.2. The maximum absolute atomic E-state index is 12.4. The lowest BCUT2D eigenvalue weighted by atomic mass is 9.90. The van der Waals surface area contributed by atoms with E-state index in [1.165, 1.54) is 38.5 Å². The van der Waals surface area contributed by atoms with Crippen molar-refractivity contribution < 1.29 is 47.8 Å². The monoisotopic (exact) mass is 752 g/mol. The van der Waals surface area contributed by atoms with E-state index < -0.39 is 38.6 Å². The van der Waals surface area contributed by atoms with Gasteiger partial charge in [-0.2, -0.15) is 0 Å². The van der Waals surface area contributed by atoms with Crippen LogP contribution in [-0.4, -0.2) is 58.0 Å². The maximum Gasteiger partial charge on any atom is 0.469 e. The number of aliphatic hydroxyl groups is 1. The van der Waals surface area contributed by atoms with Crippen LogP contribution < -0.4 is 0 Å². The summed E-state index contributed by atoms with van der Waals surface area (Å²) < 4.78 is 26.3. The predicted molar refractivity (Wildman–Crippen MR) is 206 cm³/mol. The number of unbranched alkanes of at least 4 members (excludes halogenated alkanes) is 14. The van der Waals surface area contributed by atoms with Crippen molar-refractivity contribution >= 4 is 25.5 Å². The molecule has 0 heterocycles. The minimum atomic E-state index is -4.80. The zero-order chi connectivity index (χ0) is 38.3. The van der Waals surface area contributed by atoms with Crippen LogP contribution in [0.15, 0.2) is 48.6 Å². The van der Waals surface area contributed by atoms with Crippen molar-refractivity contribution in [2.75, 3.05) is 13.2 Å². The number of aliphatic hydroxyl groups excluding tert-OH is 1. The van der Waals surface area contributed by atoms with Crippen LogP contribution in [0.4, 0.5) is 0 Å². The average molecular weight is 753 g/mol. The standard InChI is InChI=1S/C41H69O10P/c1-3-5-7-8-9-10-11-12-13-14-15-16-17-18-24-28-41(45)51-37(34-50-52(46,47)48)33-49-40(44)27-23-20-19-22-25-35-29-32-39(43)38(35)31-30-36(42)26-21-6-4-2/h12-13,19,22,29-32,35-38,42H,3-11,14-18,20-21,23-28,33-34H2,1-2H3,(H2,46,47,48)/b13-12-,22-19-,31-30+/t35-,36-,37+,38+/m0/s1. The van der Waals surface area contributed by atoms with Gasteiger partial charge in [0.2, 0.25) is 0 Å². The molecule has 298 valence electrons. The third kappa shape index (κ3) is 27.3. The van der Waals surface area contributed by atoms with Crippen LogP contribution in [0.1, 0.15) is 155 Å². The van der Waals surface area contributed by atoms with Crippen LogP contribution in [0, 0.1) is 11.8 Å². The number of phosphoric acid groups is 1. The summed E-state index contributed by atoms with van der Waals surface area (Å²) in [7, 11) is -4.80. The third-order valence-corrected chi connectivity index (χ3v) is 9.55. The molecule has 4 atom stereocenters. The van der Waals surface area contributed by atoms with E-state index in [1.807, 2.05) is 24.3 Å². The quantitative estimate of drug-likeness (QED) is 0.0255. The first-order valence-electron chi connectivity index (χ1n) is 20.0. The van der Waals surface area contributed by atoms with E-state index in [0.29, 0.717) is 32.1 Å². The first-order valence-corrected chi connectivity index (χ1v) is 21.5. The Balaban J connectivity index is 2.28. The lowest BCUT2D eigenvalue weighted by Crippen LogP contribution is -2.29. The molecule has 1 aliphatic rings. The number of allylic oxidation sites excluding steroid dienone is 7. The predicted octanol–water partition coefficient (Wildman–Crippen LogP) is 9.57. The number of ether oxygens (including phenoxy) is 2. The summed E-state index contributed by atoms with van der Waals surface area (Å²) >= 11 is 0. The number of phosphoric ester groups is 1. The van der Waals surface area contributed by atoms with Gasteiger partial charge in [0.05, 0.1) is 12.7 Å². The minimum absolute atomic E-state index is 0.0275. The van der Waals surface area contributed by atoms with Crippen LogP contribution in [0.25, 0.3) is 0 Å². The molecule has 52 heavy (non-hydrogen) atoms. The second-order valence-electron chi connectivity index (χ2n) is 13.9. The second kappa shape index (κ2) is 31.0. The van der Waals surface area contributed by atoms with Gasteiger partial charge in [-0.1, -0.05) is 127 Å². The molecule has 0 saturated carbocycles. The topological polar surface area (TPSA) is 157 Å². The maximum atomic E-state index is 12.4. The van der Waals surface area contributed by atoms with Crippen LogP contribution >= 0.6 is 7.82 Å². The summed E-state index contributed by atoms with van der Waals surface area (Å²) in [6, 6.07) is 0. The van der Waals surface area contributed by atoms with Crippen LogP contribution in [0.2, 0.25) is 0 Å². The third-order valence-electron chi connectivity index (χ3n) is 9.07. The number of hydrogen-bond acceptors (Lipinski definition) is 8. The second-order valence-corrected chi connectivity index (χ2v) is 15.2. The summed E-state index contributed by atoms with van der Waals surface area (Å²) in [5.41, 5.74) is 0. The molecular weight excluding hydrogens is 683 g/mol. The number of ketones is 1. The lowest BCUT2D eigenvalue weighted by Gasteiger charge is -2.18. The van der Waals surface area contributed by atoms with E-state index >= 15 is 0 Å². The molecule has 3 N–H and O–H groups in total. The molecule has 0 aromatic rings. The molecule has 0 aromatic heterocycles. The summed E-state index contributed by atoms with van der Waals surface area (Å²) in [6.07, 6.45) is 34.6. The SMILES string of the molecule is CCCCCCCC/C=C\CCCCCCCC(=O)O[C@H](COC(=O)CCC/C=C\C[C@H]1C=CC(=O)[C@@H]1/C=C/[C@@H](O)CCCCC)COP(=O)(O)O. The van der Waals surface area contributed by atoms with Gasteiger partial charge in [-0.25, -0.2) is 4.57 Å². The smallest absolute Gasteiger partial charge is 0.462 e. The molecule has 0 radical (unpaired) electrons. The van der Waals surface area contributed by atoms with E-state index in [4.69, 9.17) is 19.3 Å². The van der Waals surface area contributed by atoms with Crippen molar-refractivity contribution in [2.45, 2.75) is 167 Å². The van der Waals surface area contributed by atoms with Gasteiger partial charge in [0.25, 0.3) is 0 Å². The van der Waals surface area contributed by atoms with Crippen molar-refractivity contribution in [1.29, 1.82) is 0 Å². The molecule has 0 spiro atoms. The van der Waals surface area contributed by atoms with Gasteiger partial charge in [0.1, 0.15) is 6.61 Å². The molecular formula is C41H69O10P. The summed E-state index contributed by atoms with van der Waals surface area (Å²) in [5, 5.41) is 10.2. The van der Waals surface area contributed by atoms with Gasteiger partial charge in [0, 0.05) is 18.8 Å². The van der Waals surface area contributed by atoms with Crippen molar-refractivity contribution in [3.63, 3.8) is 0 Å². The van der Waals surface area contributed by atoms with Gasteiger partial charge in [-0.3, -0.25) is 18.9 Å². The number of esters is 2. The Labute approximate surface area is 313 Å². The molecule has 1 rings (SSSR count). The molecule has 1 aliphatic carbocycles. The molecule has 0 aliphatic heterocycles. The van der Waals surface area contributed by atoms with Crippen molar-refractivity contribution in [3.05, 3.63) is 48.6 Å². The average Bonchev–Trinajstić information content (AvgIpc) is 3.46. The van der Waals surface area contributed by atoms with Gasteiger partial charge in [0.15, 0.2) is 11.9 Å². The molecule has 10 nitrogen and oxygen atoms in total. The number of carbonyl (C=O) groups excluding carboxylic acids is 3. The Bertz CT molecular complexity index is 1120. The van der Waals surface area contributed by atoms with Gasteiger partial charge in [-0.05, 0) is 69.8 Å². The van der Waals surface area contributed by atoms with Gasteiger partial charge in [-0.15, -0.1) is 0 Å². The lowest BCUT2D eigenvalue weighted by molar-refractivity contribution is -0.161. The first kappa shape index (κ1) is 47.7. The fourth-order valence-electron chi connectivity index (χ4n) is 5.95. The molecule has 0 fully saturated rings. The molecule has 0 bridgehead atoms. The van der Waals surface area contributed by atoms with Crippen molar-refractivity contribution in [1.82, 2.24) is 0 Å². The van der Waals surface area contributed by atoms with Crippen LogP contribution in [-0.2, 0) is 32.9 Å². The van der Waals surface area contributed by atoms with E-state index in [2.05, 4.69) is 30.5 Å². The normalized spacial score (nSPS) is 17.5. The fourth-order valence-corrected chi connectivity index (χ4v) is 6.31.